The molecule has 0 amide bonds. The molecule has 108 valence electrons. The number of halogens is 1. The van der Waals surface area contributed by atoms with Crippen LogP contribution in [0.3, 0.4) is 0 Å². The smallest absolute Gasteiger partial charge is 0.246 e. The van der Waals surface area contributed by atoms with E-state index in [-0.39, 0.29) is 4.90 Å². The quantitative estimate of drug-likeness (QED) is 0.759. The van der Waals surface area contributed by atoms with E-state index in [0.717, 1.165) is 12.8 Å². The second-order valence-corrected chi connectivity index (χ2v) is 6.67. The molecule has 0 saturated carbocycles. The third kappa shape index (κ3) is 3.68. The lowest BCUT2D eigenvalue weighted by atomic mass is 10.5. The second-order valence-electron chi connectivity index (χ2n) is 4.35. The fraction of sp³-hybridized carbons (Fsp3) is 0.727. The molecule has 0 N–H and O–H groups in total. The molecular weight excluding hydrogens is 290 g/mol. The predicted octanol–water partition coefficient (Wildman–Crippen LogP) is 0.923. The first-order valence-electron chi connectivity index (χ1n) is 6.31. The Labute approximate surface area is 118 Å². The van der Waals surface area contributed by atoms with Crippen LogP contribution in [0, 0.1) is 0 Å². The first-order valence-corrected chi connectivity index (χ1v) is 8.28. The van der Waals surface area contributed by atoms with E-state index in [2.05, 4.69) is 5.10 Å². The third-order valence-corrected chi connectivity index (χ3v) is 5.07. The number of ether oxygens (including phenoxy) is 1. The van der Waals surface area contributed by atoms with Gasteiger partial charge in [0.15, 0.2) is 0 Å². The van der Waals surface area contributed by atoms with E-state index >= 15 is 0 Å². The van der Waals surface area contributed by atoms with E-state index in [1.165, 1.54) is 10.5 Å². The monoisotopic (exact) mass is 307 g/mol. The van der Waals surface area contributed by atoms with Gasteiger partial charge >= 0.3 is 0 Å². The lowest BCUT2D eigenvalue weighted by molar-refractivity contribution is 0.148. The topological polar surface area (TPSA) is 64.4 Å². The number of sulfonamides is 1. The van der Waals surface area contributed by atoms with Gasteiger partial charge in [0.25, 0.3) is 0 Å². The van der Waals surface area contributed by atoms with Crippen LogP contribution in [0.1, 0.15) is 12.8 Å². The van der Waals surface area contributed by atoms with Gasteiger partial charge in [0.2, 0.25) is 10.0 Å². The summed E-state index contributed by atoms with van der Waals surface area (Å²) in [7, 11) is -3.45. The molecule has 0 spiro atoms. The molecule has 0 unspecified atom stereocenters. The molecule has 1 aliphatic rings. The van der Waals surface area contributed by atoms with Crippen molar-refractivity contribution < 1.29 is 13.2 Å². The number of rotatable bonds is 5. The van der Waals surface area contributed by atoms with Gasteiger partial charge in [0.1, 0.15) is 4.90 Å². The van der Waals surface area contributed by atoms with Crippen LogP contribution in [0.15, 0.2) is 17.3 Å². The normalized spacial score (nSPS) is 18.4. The highest BCUT2D eigenvalue weighted by atomic mass is 35.5. The molecule has 2 heterocycles. The zero-order chi connectivity index (χ0) is 13.7. The summed E-state index contributed by atoms with van der Waals surface area (Å²) in [6.07, 6.45) is 4.45. The van der Waals surface area contributed by atoms with Crippen LogP contribution in [-0.4, -0.2) is 54.7 Å². The van der Waals surface area contributed by atoms with E-state index in [1.54, 1.807) is 10.9 Å². The summed E-state index contributed by atoms with van der Waals surface area (Å²) in [5.74, 6) is 0.533. The zero-order valence-electron chi connectivity index (χ0n) is 10.7. The fourth-order valence-electron chi connectivity index (χ4n) is 1.93. The summed E-state index contributed by atoms with van der Waals surface area (Å²) in [4.78, 5) is 0.240. The summed E-state index contributed by atoms with van der Waals surface area (Å²) >= 11 is 5.61. The average molecular weight is 308 g/mol. The van der Waals surface area contributed by atoms with Gasteiger partial charge in [-0.2, -0.15) is 9.40 Å². The highest BCUT2D eigenvalue weighted by molar-refractivity contribution is 7.89. The lowest BCUT2D eigenvalue weighted by Crippen LogP contribution is -2.33. The summed E-state index contributed by atoms with van der Waals surface area (Å²) in [5, 5.41) is 4.06. The Balaban J connectivity index is 2.11. The molecule has 1 aromatic rings. The van der Waals surface area contributed by atoms with Gasteiger partial charge in [-0.15, -0.1) is 11.6 Å². The molecule has 1 aromatic heterocycles. The Morgan fingerprint density at radius 3 is 3.00 bits per heavy atom. The van der Waals surface area contributed by atoms with Crippen molar-refractivity contribution in [3.05, 3.63) is 12.4 Å². The number of nitrogens with zero attached hydrogens (tertiary/aromatic N) is 3. The van der Waals surface area contributed by atoms with Crippen LogP contribution >= 0.6 is 11.6 Å². The SMILES string of the molecule is O=S(=O)(c1cnn(CCCCl)c1)N1CCCOCC1. The Bertz CT molecular complexity index is 495. The molecule has 8 heteroatoms. The molecule has 1 fully saturated rings. The van der Waals surface area contributed by atoms with Crippen LogP contribution in [0.5, 0.6) is 0 Å². The van der Waals surface area contributed by atoms with E-state index < -0.39 is 10.0 Å². The van der Waals surface area contributed by atoms with Crippen molar-refractivity contribution in [2.75, 3.05) is 32.2 Å². The number of hydrogen-bond acceptors (Lipinski definition) is 4. The molecule has 1 aliphatic heterocycles. The van der Waals surface area contributed by atoms with Gasteiger partial charge in [0.05, 0.1) is 12.8 Å². The van der Waals surface area contributed by atoms with Gasteiger partial charge in [-0.05, 0) is 12.8 Å². The minimum atomic E-state index is -3.45. The Kier molecular flexibility index (Phi) is 5.20. The third-order valence-electron chi connectivity index (χ3n) is 2.95. The largest absolute Gasteiger partial charge is 0.380 e. The second kappa shape index (κ2) is 6.69. The van der Waals surface area contributed by atoms with E-state index in [1.807, 2.05) is 0 Å². The molecule has 0 aliphatic carbocycles. The van der Waals surface area contributed by atoms with Gasteiger partial charge < -0.3 is 4.74 Å². The van der Waals surface area contributed by atoms with Crippen LogP contribution in [0.4, 0.5) is 0 Å². The van der Waals surface area contributed by atoms with Gasteiger partial charge in [-0.3, -0.25) is 4.68 Å². The maximum atomic E-state index is 12.4. The van der Waals surface area contributed by atoms with Crippen molar-refractivity contribution in [2.24, 2.45) is 0 Å². The van der Waals surface area contributed by atoms with Crippen molar-refractivity contribution in [1.82, 2.24) is 14.1 Å². The number of alkyl halides is 1. The maximum absolute atomic E-state index is 12.4. The highest BCUT2D eigenvalue weighted by Crippen LogP contribution is 2.16. The molecule has 0 aromatic carbocycles. The van der Waals surface area contributed by atoms with Crippen molar-refractivity contribution in [2.45, 2.75) is 24.3 Å². The maximum Gasteiger partial charge on any atom is 0.246 e. The number of aryl methyl sites for hydroxylation is 1. The summed E-state index contributed by atoms with van der Waals surface area (Å²) in [5.41, 5.74) is 0. The van der Waals surface area contributed by atoms with Gasteiger partial charge in [-0.25, -0.2) is 8.42 Å². The summed E-state index contributed by atoms with van der Waals surface area (Å²) < 4.78 is 33.2. The average Bonchev–Trinajstić information content (AvgIpc) is 2.70. The minimum Gasteiger partial charge on any atom is -0.380 e. The molecule has 6 nitrogen and oxygen atoms in total. The molecule has 19 heavy (non-hydrogen) atoms. The summed E-state index contributed by atoms with van der Waals surface area (Å²) in [6, 6.07) is 0. The molecule has 0 atom stereocenters. The molecular formula is C11H18ClN3O3S. The number of aromatic nitrogens is 2. The van der Waals surface area contributed by atoms with Crippen molar-refractivity contribution in [3.8, 4) is 0 Å². The predicted molar refractivity (Wildman–Crippen MR) is 71.8 cm³/mol. The zero-order valence-corrected chi connectivity index (χ0v) is 12.2. The highest BCUT2D eigenvalue weighted by Gasteiger charge is 2.26. The van der Waals surface area contributed by atoms with E-state index in [9.17, 15) is 8.42 Å². The standard InChI is InChI=1S/C11H18ClN3O3S/c12-3-1-4-14-10-11(9-13-14)19(16,17)15-5-2-7-18-8-6-15/h9-10H,1-8H2. The Morgan fingerprint density at radius 1 is 1.37 bits per heavy atom. The molecule has 1 saturated heterocycles. The van der Waals surface area contributed by atoms with Crippen molar-refractivity contribution in [3.63, 3.8) is 0 Å². The van der Waals surface area contributed by atoms with Crippen LogP contribution < -0.4 is 0 Å². The summed E-state index contributed by atoms with van der Waals surface area (Å²) in [6.45, 7) is 2.58. The minimum absolute atomic E-state index is 0.240. The molecule has 0 bridgehead atoms. The van der Waals surface area contributed by atoms with Crippen molar-refractivity contribution >= 4 is 21.6 Å². The Morgan fingerprint density at radius 2 is 2.21 bits per heavy atom. The first kappa shape index (κ1) is 14.8. The van der Waals surface area contributed by atoms with Crippen LogP contribution in [0.2, 0.25) is 0 Å². The van der Waals surface area contributed by atoms with Gasteiger partial charge in [-0.1, -0.05) is 0 Å². The van der Waals surface area contributed by atoms with Crippen molar-refractivity contribution in [1.29, 1.82) is 0 Å². The van der Waals surface area contributed by atoms with E-state index in [4.69, 9.17) is 16.3 Å². The van der Waals surface area contributed by atoms with Gasteiger partial charge in [0, 0.05) is 38.3 Å². The molecule has 2 rings (SSSR count). The van der Waals surface area contributed by atoms with Crippen LogP contribution in [-0.2, 0) is 21.3 Å². The first-order chi connectivity index (χ1) is 9.14. The molecule has 0 radical (unpaired) electrons. The number of hydrogen-bond donors (Lipinski definition) is 0. The van der Waals surface area contributed by atoms with E-state index in [0.29, 0.717) is 38.7 Å². The Hall–Kier alpha value is -0.630. The fourth-order valence-corrected chi connectivity index (χ4v) is 3.47. The van der Waals surface area contributed by atoms with Crippen LogP contribution in [0.25, 0.3) is 0 Å². The lowest BCUT2D eigenvalue weighted by Gasteiger charge is -2.17.